The molecule has 2 rings (SSSR count). The van der Waals surface area contributed by atoms with Crippen molar-refractivity contribution < 1.29 is 9.59 Å². The zero-order chi connectivity index (χ0) is 19.1. The third kappa shape index (κ3) is 5.09. The smallest absolute Gasteiger partial charge is 0.242 e. The number of carbonyl (C=O) groups is 2. The van der Waals surface area contributed by atoms with E-state index in [1.54, 1.807) is 24.1 Å². The van der Waals surface area contributed by atoms with E-state index in [1.165, 1.54) is 0 Å². The average molecular weight is 373 g/mol. The fourth-order valence-corrected chi connectivity index (χ4v) is 3.06. The number of nitrogens with zero attached hydrogens (tertiary/aromatic N) is 1. The van der Waals surface area contributed by atoms with E-state index in [0.717, 1.165) is 16.7 Å². The van der Waals surface area contributed by atoms with Crippen molar-refractivity contribution in [1.82, 2.24) is 10.2 Å². The van der Waals surface area contributed by atoms with Crippen LogP contribution < -0.4 is 5.32 Å². The molecule has 1 unspecified atom stereocenters. The Kier molecular flexibility index (Phi) is 7.22. The fourth-order valence-electron chi connectivity index (χ4n) is 2.94. The highest BCUT2D eigenvalue weighted by atomic mass is 35.5. The standard InChI is InChI=1S/C21H25ClN2O2/c1-4-19(21(26)23-3)24(14-17-8-6-5-7-15(17)2)20(25)13-16-9-11-18(22)12-10-16/h5-12,19H,4,13-14H2,1-3H3,(H,23,26). The Bertz CT molecular complexity index is 759. The van der Waals surface area contributed by atoms with E-state index >= 15 is 0 Å². The van der Waals surface area contributed by atoms with Crippen LogP contribution in [-0.2, 0) is 22.6 Å². The van der Waals surface area contributed by atoms with Gasteiger partial charge in [0.05, 0.1) is 6.42 Å². The van der Waals surface area contributed by atoms with Crippen LogP contribution in [0.4, 0.5) is 0 Å². The summed E-state index contributed by atoms with van der Waals surface area (Å²) in [5.74, 6) is -0.225. The molecule has 4 nitrogen and oxygen atoms in total. The highest BCUT2D eigenvalue weighted by molar-refractivity contribution is 6.30. The molecule has 138 valence electrons. The first kappa shape index (κ1) is 20.0. The molecule has 2 amide bonds. The van der Waals surface area contributed by atoms with Crippen molar-refractivity contribution in [2.24, 2.45) is 0 Å². The molecule has 0 spiro atoms. The molecular weight excluding hydrogens is 348 g/mol. The predicted molar refractivity (Wildman–Crippen MR) is 105 cm³/mol. The molecule has 0 aliphatic carbocycles. The van der Waals surface area contributed by atoms with E-state index < -0.39 is 6.04 Å². The van der Waals surface area contributed by atoms with Crippen LogP contribution >= 0.6 is 11.6 Å². The van der Waals surface area contributed by atoms with Gasteiger partial charge in [0.1, 0.15) is 6.04 Å². The van der Waals surface area contributed by atoms with Crippen molar-refractivity contribution in [3.05, 3.63) is 70.2 Å². The Hall–Kier alpha value is -2.33. The summed E-state index contributed by atoms with van der Waals surface area (Å²) in [6.45, 7) is 4.34. The molecule has 1 N–H and O–H groups in total. The Labute approximate surface area is 160 Å². The number of rotatable bonds is 7. The largest absolute Gasteiger partial charge is 0.357 e. The minimum atomic E-state index is -0.501. The summed E-state index contributed by atoms with van der Waals surface area (Å²) in [5, 5.41) is 3.31. The van der Waals surface area contributed by atoms with Crippen LogP contribution in [0.5, 0.6) is 0 Å². The topological polar surface area (TPSA) is 49.4 Å². The number of hydrogen-bond donors (Lipinski definition) is 1. The van der Waals surface area contributed by atoms with Gasteiger partial charge < -0.3 is 10.2 Å². The number of hydrogen-bond acceptors (Lipinski definition) is 2. The van der Waals surface area contributed by atoms with Crippen molar-refractivity contribution in [1.29, 1.82) is 0 Å². The monoisotopic (exact) mass is 372 g/mol. The molecule has 26 heavy (non-hydrogen) atoms. The maximum absolute atomic E-state index is 13.0. The van der Waals surface area contributed by atoms with Crippen molar-refractivity contribution in [3.8, 4) is 0 Å². The normalized spacial score (nSPS) is 11.7. The summed E-state index contributed by atoms with van der Waals surface area (Å²) in [5.41, 5.74) is 3.02. The predicted octanol–water partition coefficient (Wildman–Crippen LogP) is 3.74. The highest BCUT2D eigenvalue weighted by Gasteiger charge is 2.28. The van der Waals surface area contributed by atoms with Gasteiger partial charge in [-0.05, 0) is 42.2 Å². The maximum Gasteiger partial charge on any atom is 0.242 e. The lowest BCUT2D eigenvalue weighted by molar-refractivity contribution is -0.140. The average Bonchev–Trinajstić information content (AvgIpc) is 2.64. The Balaban J connectivity index is 2.29. The minimum Gasteiger partial charge on any atom is -0.357 e. The molecule has 0 saturated carbocycles. The van der Waals surface area contributed by atoms with Crippen LogP contribution in [0.15, 0.2) is 48.5 Å². The lowest BCUT2D eigenvalue weighted by Gasteiger charge is -2.31. The van der Waals surface area contributed by atoms with Crippen molar-refractivity contribution in [3.63, 3.8) is 0 Å². The fraction of sp³-hybridized carbons (Fsp3) is 0.333. The summed E-state index contributed by atoms with van der Waals surface area (Å²) in [6, 6.07) is 14.6. The van der Waals surface area contributed by atoms with E-state index in [4.69, 9.17) is 11.6 Å². The number of halogens is 1. The SMILES string of the molecule is CCC(C(=O)NC)N(Cc1ccccc1C)C(=O)Cc1ccc(Cl)cc1. The number of nitrogens with one attached hydrogen (secondary N) is 1. The van der Waals surface area contributed by atoms with Crippen molar-refractivity contribution in [2.45, 2.75) is 39.3 Å². The van der Waals surface area contributed by atoms with Gasteiger partial charge in [-0.15, -0.1) is 0 Å². The lowest BCUT2D eigenvalue weighted by atomic mass is 10.0. The van der Waals surface area contributed by atoms with Gasteiger partial charge in [0.25, 0.3) is 0 Å². The number of benzene rings is 2. The third-order valence-electron chi connectivity index (χ3n) is 4.50. The molecule has 0 aliphatic rings. The summed E-state index contributed by atoms with van der Waals surface area (Å²) < 4.78 is 0. The molecule has 0 saturated heterocycles. The molecule has 0 bridgehead atoms. The van der Waals surface area contributed by atoms with Crippen LogP contribution in [0.2, 0.25) is 5.02 Å². The van der Waals surface area contributed by atoms with E-state index in [0.29, 0.717) is 18.0 Å². The van der Waals surface area contributed by atoms with Crippen molar-refractivity contribution in [2.75, 3.05) is 7.05 Å². The lowest BCUT2D eigenvalue weighted by Crippen LogP contribution is -2.48. The number of carbonyl (C=O) groups excluding carboxylic acids is 2. The molecule has 0 fully saturated rings. The molecule has 0 radical (unpaired) electrons. The first-order chi connectivity index (χ1) is 12.5. The second-order valence-corrected chi connectivity index (χ2v) is 6.73. The molecule has 0 heterocycles. The molecule has 0 aromatic heterocycles. The van der Waals surface area contributed by atoms with Crippen LogP contribution in [0.25, 0.3) is 0 Å². The molecule has 0 aliphatic heterocycles. The Morgan fingerprint density at radius 1 is 1.12 bits per heavy atom. The summed E-state index contributed by atoms with van der Waals surface area (Å²) in [7, 11) is 1.60. The minimum absolute atomic E-state index is 0.0778. The van der Waals surface area contributed by atoms with Gasteiger partial charge in [0, 0.05) is 18.6 Å². The van der Waals surface area contributed by atoms with Gasteiger partial charge in [0.15, 0.2) is 0 Å². The first-order valence-electron chi connectivity index (χ1n) is 8.76. The first-order valence-corrected chi connectivity index (χ1v) is 9.14. The molecule has 1 atom stereocenters. The highest BCUT2D eigenvalue weighted by Crippen LogP contribution is 2.17. The molecule has 5 heteroatoms. The van der Waals surface area contributed by atoms with Crippen LogP contribution in [-0.4, -0.2) is 29.8 Å². The maximum atomic E-state index is 13.0. The summed E-state index contributed by atoms with van der Waals surface area (Å²) in [6.07, 6.45) is 0.786. The molecule has 2 aromatic carbocycles. The van der Waals surface area contributed by atoms with Crippen LogP contribution in [0.3, 0.4) is 0 Å². The van der Waals surface area contributed by atoms with Crippen LogP contribution in [0.1, 0.15) is 30.0 Å². The second-order valence-electron chi connectivity index (χ2n) is 6.29. The van der Waals surface area contributed by atoms with Crippen LogP contribution in [0, 0.1) is 6.92 Å². The van der Waals surface area contributed by atoms with Gasteiger partial charge >= 0.3 is 0 Å². The number of likely N-dealkylation sites (N-methyl/N-ethyl adjacent to an activating group) is 1. The van der Waals surface area contributed by atoms with Gasteiger partial charge in [-0.25, -0.2) is 0 Å². The molecular formula is C21H25ClN2O2. The number of aryl methyl sites for hydroxylation is 1. The third-order valence-corrected chi connectivity index (χ3v) is 4.75. The summed E-state index contributed by atoms with van der Waals surface area (Å²) in [4.78, 5) is 27.1. The second kappa shape index (κ2) is 9.39. The Morgan fingerprint density at radius 2 is 1.77 bits per heavy atom. The van der Waals surface area contributed by atoms with Gasteiger partial charge in [-0.2, -0.15) is 0 Å². The summed E-state index contributed by atoms with van der Waals surface area (Å²) >= 11 is 5.92. The Morgan fingerprint density at radius 3 is 2.35 bits per heavy atom. The van der Waals surface area contributed by atoms with Gasteiger partial charge in [-0.3, -0.25) is 9.59 Å². The van der Waals surface area contributed by atoms with E-state index in [1.807, 2.05) is 50.2 Å². The van der Waals surface area contributed by atoms with E-state index in [-0.39, 0.29) is 18.2 Å². The van der Waals surface area contributed by atoms with Gasteiger partial charge in [0.2, 0.25) is 11.8 Å². The van der Waals surface area contributed by atoms with E-state index in [9.17, 15) is 9.59 Å². The zero-order valence-electron chi connectivity index (χ0n) is 15.5. The van der Waals surface area contributed by atoms with E-state index in [2.05, 4.69) is 5.32 Å². The van der Waals surface area contributed by atoms with Gasteiger partial charge in [-0.1, -0.05) is 54.9 Å². The van der Waals surface area contributed by atoms with Crippen molar-refractivity contribution >= 4 is 23.4 Å². The zero-order valence-corrected chi connectivity index (χ0v) is 16.2. The molecule has 2 aromatic rings. The number of amides is 2. The quantitative estimate of drug-likeness (QED) is 0.804.